The van der Waals surface area contributed by atoms with Gasteiger partial charge in [0.1, 0.15) is 11.6 Å². The average Bonchev–Trinajstić information content (AvgIpc) is 2.91. The fraction of sp³-hybridized carbons (Fsp3) is 0.688. The zero-order valence-corrected chi connectivity index (χ0v) is 13.4. The van der Waals surface area contributed by atoms with Gasteiger partial charge in [-0.05, 0) is 38.3 Å². The smallest absolute Gasteiger partial charge is 0.163 e. The first-order chi connectivity index (χ1) is 10.7. The van der Waals surface area contributed by atoms with Gasteiger partial charge in [0.25, 0.3) is 0 Å². The van der Waals surface area contributed by atoms with Gasteiger partial charge in [0.2, 0.25) is 0 Å². The van der Waals surface area contributed by atoms with Gasteiger partial charge < -0.3 is 10.2 Å². The van der Waals surface area contributed by atoms with Gasteiger partial charge in [0, 0.05) is 26.1 Å². The van der Waals surface area contributed by atoms with Gasteiger partial charge in [-0.1, -0.05) is 6.92 Å². The van der Waals surface area contributed by atoms with Crippen molar-refractivity contribution in [3.8, 4) is 0 Å². The van der Waals surface area contributed by atoms with Crippen LogP contribution >= 0.6 is 0 Å². The lowest BCUT2D eigenvalue weighted by Gasteiger charge is -2.45. The molecule has 0 aliphatic carbocycles. The molecule has 118 valence electrons. The lowest BCUT2D eigenvalue weighted by Crippen LogP contribution is -2.53. The van der Waals surface area contributed by atoms with E-state index < -0.39 is 0 Å². The van der Waals surface area contributed by atoms with Crippen molar-refractivity contribution in [1.29, 1.82) is 0 Å². The summed E-state index contributed by atoms with van der Waals surface area (Å²) in [6.45, 7) is 5.82. The van der Waals surface area contributed by atoms with E-state index in [1.807, 2.05) is 17.9 Å². The van der Waals surface area contributed by atoms with E-state index in [9.17, 15) is 0 Å². The van der Waals surface area contributed by atoms with Crippen LogP contribution in [0, 0.1) is 5.92 Å². The van der Waals surface area contributed by atoms with Crippen molar-refractivity contribution in [2.45, 2.75) is 38.6 Å². The minimum Gasteiger partial charge on any atom is -0.365 e. The molecule has 2 bridgehead atoms. The molecule has 3 fully saturated rings. The molecule has 0 amide bonds. The average molecular weight is 300 g/mol. The minimum absolute atomic E-state index is 0.510. The maximum atomic E-state index is 4.79. The molecule has 3 aliphatic heterocycles. The molecular formula is C16H24N6. The molecule has 2 aromatic rings. The zero-order valence-electron chi connectivity index (χ0n) is 13.4. The van der Waals surface area contributed by atoms with E-state index in [-0.39, 0.29) is 0 Å². The summed E-state index contributed by atoms with van der Waals surface area (Å²) < 4.78 is 1.85. The van der Waals surface area contributed by atoms with Crippen LogP contribution in [0.4, 0.5) is 5.82 Å². The molecule has 0 radical (unpaired) electrons. The van der Waals surface area contributed by atoms with Crippen LogP contribution in [0.1, 0.15) is 32.0 Å². The Morgan fingerprint density at radius 3 is 2.77 bits per heavy atom. The van der Waals surface area contributed by atoms with Crippen molar-refractivity contribution in [3.05, 3.63) is 12.0 Å². The van der Waals surface area contributed by atoms with Crippen molar-refractivity contribution in [2.75, 3.05) is 25.0 Å². The summed E-state index contributed by atoms with van der Waals surface area (Å²) in [5.41, 5.74) is 0.933. The standard InChI is InChI=1S/C16H24N6/c1-3-4-14-19-15(12-9-17-21(2)16(12)20-14)18-13-10-22-7-5-11(13)6-8-22/h9,11,13H,3-8,10H2,1-2H3,(H,18,19,20)/t13-/m0/s1. The number of anilines is 1. The highest BCUT2D eigenvalue weighted by Gasteiger charge is 2.34. The third-order valence-electron chi connectivity index (χ3n) is 5.09. The molecule has 1 atom stereocenters. The number of aromatic nitrogens is 4. The second-order valence-corrected chi connectivity index (χ2v) is 6.63. The van der Waals surface area contributed by atoms with Crippen LogP contribution in [0.25, 0.3) is 11.0 Å². The molecule has 5 heterocycles. The molecule has 5 rings (SSSR count). The van der Waals surface area contributed by atoms with Crippen LogP contribution in [0.5, 0.6) is 0 Å². The molecule has 0 spiro atoms. The Morgan fingerprint density at radius 1 is 1.27 bits per heavy atom. The Hall–Kier alpha value is -1.69. The molecule has 22 heavy (non-hydrogen) atoms. The summed E-state index contributed by atoms with van der Waals surface area (Å²) in [7, 11) is 1.95. The normalized spacial score (nSPS) is 27.5. The number of nitrogens with one attached hydrogen (secondary N) is 1. The van der Waals surface area contributed by atoms with Gasteiger partial charge in [-0.25, -0.2) is 9.97 Å². The highest BCUT2D eigenvalue weighted by Crippen LogP contribution is 2.31. The van der Waals surface area contributed by atoms with Crippen LogP contribution in [-0.2, 0) is 13.5 Å². The van der Waals surface area contributed by atoms with E-state index >= 15 is 0 Å². The second-order valence-electron chi connectivity index (χ2n) is 6.63. The molecule has 3 aliphatic rings. The number of rotatable bonds is 4. The van der Waals surface area contributed by atoms with Gasteiger partial charge in [0.15, 0.2) is 5.65 Å². The first kappa shape index (κ1) is 13.9. The predicted octanol–water partition coefficient (Wildman–Crippen LogP) is 1.82. The lowest BCUT2D eigenvalue weighted by molar-refractivity contribution is 0.0974. The molecule has 3 saturated heterocycles. The number of hydrogen-bond acceptors (Lipinski definition) is 5. The zero-order chi connectivity index (χ0) is 15.1. The van der Waals surface area contributed by atoms with E-state index in [2.05, 4.69) is 27.2 Å². The number of fused-ring (bicyclic) bond motifs is 4. The van der Waals surface area contributed by atoms with Crippen LogP contribution < -0.4 is 5.32 Å². The molecule has 6 nitrogen and oxygen atoms in total. The summed E-state index contributed by atoms with van der Waals surface area (Å²) in [4.78, 5) is 12.0. The number of aryl methyl sites for hydroxylation is 2. The van der Waals surface area contributed by atoms with E-state index in [0.717, 1.165) is 48.0 Å². The van der Waals surface area contributed by atoms with Gasteiger partial charge in [-0.2, -0.15) is 5.10 Å². The summed E-state index contributed by atoms with van der Waals surface area (Å²) in [6.07, 6.45) is 6.47. The molecule has 1 N–H and O–H groups in total. The number of piperidine rings is 3. The maximum absolute atomic E-state index is 4.79. The highest BCUT2D eigenvalue weighted by molar-refractivity contribution is 5.86. The number of nitrogens with zero attached hydrogens (tertiary/aromatic N) is 5. The Balaban J connectivity index is 1.67. The lowest BCUT2D eigenvalue weighted by atomic mass is 9.84. The topological polar surface area (TPSA) is 58.9 Å². The Kier molecular flexibility index (Phi) is 3.48. The van der Waals surface area contributed by atoms with Crippen LogP contribution in [0.15, 0.2) is 6.20 Å². The van der Waals surface area contributed by atoms with E-state index in [4.69, 9.17) is 4.98 Å². The van der Waals surface area contributed by atoms with Crippen LogP contribution in [0.2, 0.25) is 0 Å². The third kappa shape index (κ3) is 2.35. The van der Waals surface area contributed by atoms with E-state index in [0.29, 0.717) is 6.04 Å². The SMILES string of the molecule is CCCc1nc(N[C@H]2CN3CCC2CC3)c2cnn(C)c2n1. The Labute approximate surface area is 130 Å². The number of hydrogen-bond donors (Lipinski definition) is 1. The Bertz CT molecular complexity index is 671. The van der Waals surface area contributed by atoms with Crippen LogP contribution in [-0.4, -0.2) is 50.3 Å². The largest absolute Gasteiger partial charge is 0.365 e. The van der Waals surface area contributed by atoms with Gasteiger partial charge in [-0.3, -0.25) is 4.68 Å². The minimum atomic E-state index is 0.510. The van der Waals surface area contributed by atoms with Crippen molar-refractivity contribution in [2.24, 2.45) is 13.0 Å². The summed E-state index contributed by atoms with van der Waals surface area (Å²) in [6, 6.07) is 0.510. The summed E-state index contributed by atoms with van der Waals surface area (Å²) >= 11 is 0. The molecule has 0 saturated carbocycles. The summed E-state index contributed by atoms with van der Waals surface area (Å²) in [5.74, 6) is 2.67. The first-order valence-electron chi connectivity index (χ1n) is 8.42. The molecule has 0 aromatic carbocycles. The monoisotopic (exact) mass is 300 g/mol. The van der Waals surface area contributed by atoms with Crippen LogP contribution in [0.3, 0.4) is 0 Å². The van der Waals surface area contributed by atoms with E-state index in [1.165, 1.54) is 25.9 Å². The molecular weight excluding hydrogens is 276 g/mol. The van der Waals surface area contributed by atoms with Crippen molar-refractivity contribution < 1.29 is 0 Å². The van der Waals surface area contributed by atoms with Gasteiger partial charge in [0.05, 0.1) is 11.6 Å². The van der Waals surface area contributed by atoms with E-state index in [1.54, 1.807) is 0 Å². The van der Waals surface area contributed by atoms with Gasteiger partial charge in [-0.15, -0.1) is 0 Å². The first-order valence-corrected chi connectivity index (χ1v) is 8.42. The molecule has 0 unspecified atom stereocenters. The highest BCUT2D eigenvalue weighted by atomic mass is 15.3. The second kappa shape index (κ2) is 5.50. The fourth-order valence-corrected chi connectivity index (χ4v) is 3.82. The molecule has 6 heteroatoms. The predicted molar refractivity (Wildman–Crippen MR) is 86.9 cm³/mol. The summed E-state index contributed by atoms with van der Waals surface area (Å²) in [5, 5.41) is 9.12. The van der Waals surface area contributed by atoms with Crippen molar-refractivity contribution >= 4 is 16.9 Å². The fourth-order valence-electron chi connectivity index (χ4n) is 3.82. The Morgan fingerprint density at radius 2 is 2.09 bits per heavy atom. The molecule has 2 aromatic heterocycles. The van der Waals surface area contributed by atoms with Gasteiger partial charge >= 0.3 is 0 Å². The third-order valence-corrected chi connectivity index (χ3v) is 5.09. The van der Waals surface area contributed by atoms with Crippen molar-refractivity contribution in [1.82, 2.24) is 24.6 Å². The maximum Gasteiger partial charge on any atom is 0.163 e. The van der Waals surface area contributed by atoms with Crippen molar-refractivity contribution in [3.63, 3.8) is 0 Å². The quantitative estimate of drug-likeness (QED) is 0.933.